The Morgan fingerprint density at radius 1 is 1.25 bits per heavy atom. The standard InChI is InChI=1S/C16H25N3O/c1-13(2)19-10-8-14(9-11-19)12-17-16(20)18-15-6-4-3-5-7-15/h3-7,13-14H,8-12H2,1-2H3,(H2,17,18,20). The molecule has 110 valence electrons. The average molecular weight is 275 g/mol. The summed E-state index contributed by atoms with van der Waals surface area (Å²) in [5.41, 5.74) is 0.833. The fraction of sp³-hybridized carbons (Fsp3) is 0.562. The summed E-state index contributed by atoms with van der Waals surface area (Å²) in [6.45, 7) is 7.54. The zero-order valence-corrected chi connectivity index (χ0v) is 12.4. The van der Waals surface area contributed by atoms with E-state index in [-0.39, 0.29) is 6.03 Å². The fourth-order valence-corrected chi connectivity index (χ4v) is 2.61. The number of rotatable bonds is 4. The molecule has 1 aromatic rings. The van der Waals surface area contributed by atoms with Crippen LogP contribution < -0.4 is 10.6 Å². The van der Waals surface area contributed by atoms with Gasteiger partial charge in [-0.2, -0.15) is 0 Å². The summed E-state index contributed by atoms with van der Waals surface area (Å²) in [6, 6.07) is 10.1. The molecular formula is C16H25N3O. The van der Waals surface area contributed by atoms with Gasteiger partial charge < -0.3 is 15.5 Å². The molecule has 1 saturated heterocycles. The van der Waals surface area contributed by atoms with E-state index in [1.807, 2.05) is 30.3 Å². The first-order chi connectivity index (χ1) is 9.65. The highest BCUT2D eigenvalue weighted by Crippen LogP contribution is 2.18. The van der Waals surface area contributed by atoms with Crippen molar-refractivity contribution in [2.75, 3.05) is 25.0 Å². The average Bonchev–Trinajstić information content (AvgIpc) is 2.46. The molecule has 0 atom stereocenters. The van der Waals surface area contributed by atoms with Gasteiger partial charge in [-0.15, -0.1) is 0 Å². The van der Waals surface area contributed by atoms with Gasteiger partial charge in [0.25, 0.3) is 0 Å². The monoisotopic (exact) mass is 275 g/mol. The van der Waals surface area contributed by atoms with Crippen molar-refractivity contribution in [3.63, 3.8) is 0 Å². The predicted octanol–water partition coefficient (Wildman–Crippen LogP) is 2.93. The summed E-state index contributed by atoms with van der Waals surface area (Å²) in [6.07, 6.45) is 2.34. The lowest BCUT2D eigenvalue weighted by atomic mass is 9.96. The molecule has 0 aromatic heterocycles. The number of benzene rings is 1. The van der Waals surface area contributed by atoms with Crippen molar-refractivity contribution in [1.82, 2.24) is 10.2 Å². The molecule has 0 spiro atoms. The van der Waals surface area contributed by atoms with Crippen molar-refractivity contribution in [3.05, 3.63) is 30.3 Å². The van der Waals surface area contributed by atoms with Crippen LogP contribution in [0.5, 0.6) is 0 Å². The molecule has 2 N–H and O–H groups in total. The Morgan fingerprint density at radius 3 is 2.50 bits per heavy atom. The van der Waals surface area contributed by atoms with Crippen molar-refractivity contribution in [3.8, 4) is 0 Å². The van der Waals surface area contributed by atoms with E-state index in [4.69, 9.17) is 0 Å². The van der Waals surface area contributed by atoms with Gasteiger partial charge in [-0.25, -0.2) is 4.79 Å². The van der Waals surface area contributed by atoms with Gasteiger partial charge in [0.1, 0.15) is 0 Å². The van der Waals surface area contributed by atoms with Crippen LogP contribution in [0.3, 0.4) is 0 Å². The molecule has 20 heavy (non-hydrogen) atoms. The lowest BCUT2D eigenvalue weighted by Gasteiger charge is -2.34. The van der Waals surface area contributed by atoms with Crippen LogP contribution in [0.15, 0.2) is 30.3 Å². The van der Waals surface area contributed by atoms with Crippen LogP contribution in [-0.4, -0.2) is 36.6 Å². The number of hydrogen-bond donors (Lipinski definition) is 2. The van der Waals surface area contributed by atoms with Gasteiger partial charge in [-0.3, -0.25) is 0 Å². The van der Waals surface area contributed by atoms with Crippen molar-refractivity contribution < 1.29 is 4.79 Å². The fourth-order valence-electron chi connectivity index (χ4n) is 2.61. The molecule has 2 rings (SSSR count). The van der Waals surface area contributed by atoms with E-state index in [1.165, 1.54) is 12.8 Å². The molecular weight excluding hydrogens is 250 g/mol. The summed E-state index contributed by atoms with van der Waals surface area (Å²) in [5, 5.41) is 5.82. The molecule has 4 nitrogen and oxygen atoms in total. The Bertz CT molecular complexity index is 411. The molecule has 0 aliphatic carbocycles. The Labute approximate surface area is 121 Å². The van der Waals surface area contributed by atoms with Gasteiger partial charge in [0.2, 0.25) is 0 Å². The number of hydrogen-bond acceptors (Lipinski definition) is 2. The van der Waals surface area contributed by atoms with Crippen LogP contribution in [0.4, 0.5) is 10.5 Å². The molecule has 0 radical (unpaired) electrons. The summed E-state index contributed by atoms with van der Waals surface area (Å²) in [4.78, 5) is 14.3. The number of nitrogens with one attached hydrogen (secondary N) is 2. The van der Waals surface area contributed by atoms with E-state index in [2.05, 4.69) is 29.4 Å². The topological polar surface area (TPSA) is 44.4 Å². The highest BCUT2D eigenvalue weighted by molar-refractivity contribution is 5.89. The number of carbonyl (C=O) groups is 1. The third kappa shape index (κ3) is 4.53. The second-order valence-electron chi connectivity index (χ2n) is 5.77. The Balaban J connectivity index is 1.67. The number of para-hydroxylation sites is 1. The number of amides is 2. The zero-order valence-electron chi connectivity index (χ0n) is 12.4. The molecule has 0 unspecified atom stereocenters. The van der Waals surface area contributed by atoms with E-state index in [9.17, 15) is 4.79 Å². The van der Waals surface area contributed by atoms with Crippen molar-refractivity contribution in [1.29, 1.82) is 0 Å². The minimum Gasteiger partial charge on any atom is -0.338 e. The molecule has 1 fully saturated rings. The van der Waals surface area contributed by atoms with Crippen LogP contribution in [0.25, 0.3) is 0 Å². The van der Waals surface area contributed by atoms with E-state index in [1.54, 1.807) is 0 Å². The van der Waals surface area contributed by atoms with Gasteiger partial charge in [0.15, 0.2) is 0 Å². The predicted molar refractivity (Wildman–Crippen MR) is 82.9 cm³/mol. The van der Waals surface area contributed by atoms with E-state index >= 15 is 0 Å². The summed E-state index contributed by atoms with van der Waals surface area (Å²) in [7, 11) is 0. The van der Waals surface area contributed by atoms with Gasteiger partial charge >= 0.3 is 6.03 Å². The Hall–Kier alpha value is -1.55. The van der Waals surface area contributed by atoms with Crippen LogP contribution >= 0.6 is 0 Å². The Morgan fingerprint density at radius 2 is 1.90 bits per heavy atom. The number of carbonyl (C=O) groups excluding carboxylic acids is 1. The van der Waals surface area contributed by atoms with Crippen molar-refractivity contribution in [2.24, 2.45) is 5.92 Å². The van der Waals surface area contributed by atoms with Gasteiger partial charge in [0, 0.05) is 18.3 Å². The molecule has 0 saturated carbocycles. The maximum atomic E-state index is 11.8. The van der Waals surface area contributed by atoms with E-state index in [0.717, 1.165) is 25.3 Å². The second-order valence-corrected chi connectivity index (χ2v) is 5.77. The highest BCUT2D eigenvalue weighted by Gasteiger charge is 2.20. The van der Waals surface area contributed by atoms with E-state index in [0.29, 0.717) is 12.0 Å². The molecule has 1 heterocycles. The van der Waals surface area contributed by atoms with Gasteiger partial charge in [0.05, 0.1) is 0 Å². The molecule has 0 bridgehead atoms. The molecule has 2 amide bonds. The first-order valence-corrected chi connectivity index (χ1v) is 7.49. The maximum absolute atomic E-state index is 11.8. The van der Waals surface area contributed by atoms with E-state index < -0.39 is 0 Å². The van der Waals surface area contributed by atoms with Crippen molar-refractivity contribution in [2.45, 2.75) is 32.7 Å². The first kappa shape index (κ1) is 14.9. The molecule has 1 aromatic carbocycles. The summed E-state index contributed by atoms with van der Waals surface area (Å²) < 4.78 is 0. The quantitative estimate of drug-likeness (QED) is 0.887. The lowest BCUT2D eigenvalue weighted by molar-refractivity contribution is 0.149. The van der Waals surface area contributed by atoms with Crippen LogP contribution in [0.2, 0.25) is 0 Å². The second kappa shape index (κ2) is 7.29. The third-order valence-electron chi connectivity index (χ3n) is 3.96. The third-order valence-corrected chi connectivity index (χ3v) is 3.96. The minimum atomic E-state index is -0.109. The zero-order chi connectivity index (χ0) is 14.4. The van der Waals surface area contributed by atoms with Crippen LogP contribution in [0.1, 0.15) is 26.7 Å². The van der Waals surface area contributed by atoms with Gasteiger partial charge in [-0.1, -0.05) is 18.2 Å². The number of likely N-dealkylation sites (tertiary alicyclic amines) is 1. The largest absolute Gasteiger partial charge is 0.338 e. The first-order valence-electron chi connectivity index (χ1n) is 7.49. The SMILES string of the molecule is CC(C)N1CCC(CNC(=O)Nc2ccccc2)CC1. The van der Waals surface area contributed by atoms with Crippen LogP contribution in [0, 0.1) is 5.92 Å². The smallest absolute Gasteiger partial charge is 0.319 e. The summed E-state index contributed by atoms with van der Waals surface area (Å²) in [5.74, 6) is 0.603. The molecule has 1 aliphatic heterocycles. The lowest BCUT2D eigenvalue weighted by Crippen LogP contribution is -2.42. The number of anilines is 1. The maximum Gasteiger partial charge on any atom is 0.319 e. The molecule has 1 aliphatic rings. The number of urea groups is 1. The van der Waals surface area contributed by atoms with Crippen LogP contribution in [-0.2, 0) is 0 Å². The number of piperidine rings is 1. The normalized spacial score (nSPS) is 17.1. The number of nitrogens with zero attached hydrogens (tertiary/aromatic N) is 1. The highest BCUT2D eigenvalue weighted by atomic mass is 16.2. The minimum absolute atomic E-state index is 0.109. The Kier molecular flexibility index (Phi) is 5.41. The van der Waals surface area contributed by atoms with Crippen molar-refractivity contribution >= 4 is 11.7 Å². The summed E-state index contributed by atoms with van der Waals surface area (Å²) >= 11 is 0. The van der Waals surface area contributed by atoms with Gasteiger partial charge in [-0.05, 0) is 57.8 Å². The molecule has 4 heteroatoms.